The van der Waals surface area contributed by atoms with Crippen LogP contribution in [0.2, 0.25) is 5.15 Å². The second kappa shape index (κ2) is 4.40. The first kappa shape index (κ1) is 13.6. The Morgan fingerprint density at radius 1 is 1.41 bits per heavy atom. The smallest absolute Gasteiger partial charge is 0.258 e. The fourth-order valence-electron chi connectivity index (χ4n) is 1.11. The molecule has 94 valence electrons. The average Bonchev–Trinajstić information content (AvgIpc) is 2.14. The molecule has 1 aromatic heterocycles. The van der Waals surface area contributed by atoms with Gasteiger partial charge in [-0.3, -0.25) is 10.1 Å². The fraction of sp³-hybridized carbons (Fsp3) is 0.286. The Morgan fingerprint density at radius 2 is 1.94 bits per heavy atom. The highest BCUT2D eigenvalue weighted by Gasteiger charge is 2.44. The molecule has 4 nitrogen and oxygen atoms in total. The van der Waals surface area contributed by atoms with E-state index >= 15 is 0 Å². The third-order valence-corrected chi connectivity index (χ3v) is 1.88. The molecule has 17 heavy (non-hydrogen) atoms. The van der Waals surface area contributed by atoms with Crippen molar-refractivity contribution < 1.29 is 26.9 Å². The Bertz CT molecular complexity index is 462. The van der Waals surface area contributed by atoms with E-state index in [-0.39, 0.29) is 6.07 Å². The van der Waals surface area contributed by atoms with Crippen LogP contribution in [0.1, 0.15) is 17.7 Å². The molecule has 0 amide bonds. The van der Waals surface area contributed by atoms with Crippen LogP contribution in [0, 0.1) is 10.1 Å². The van der Waals surface area contributed by atoms with Gasteiger partial charge in [-0.05, 0) is 0 Å². The molecule has 0 spiro atoms. The van der Waals surface area contributed by atoms with Crippen LogP contribution in [0.3, 0.4) is 0 Å². The summed E-state index contributed by atoms with van der Waals surface area (Å²) in [5.74, 6) is 0. The molecule has 10 heteroatoms. The Labute approximate surface area is 95.2 Å². The first-order valence-electron chi connectivity index (χ1n) is 3.84. The summed E-state index contributed by atoms with van der Waals surface area (Å²) >= 11 is 5.14. The quantitative estimate of drug-likeness (QED) is 0.359. The van der Waals surface area contributed by atoms with E-state index in [1.54, 1.807) is 0 Å². The standard InChI is InChI=1S/C7H2ClF5N2O2/c8-3-1-2(15(16)17)4(7(11,12)13)5(14-3)6(9)10/h1,6H. The van der Waals surface area contributed by atoms with Crippen molar-refractivity contribution in [3.8, 4) is 0 Å². The van der Waals surface area contributed by atoms with Gasteiger partial charge < -0.3 is 0 Å². The van der Waals surface area contributed by atoms with Gasteiger partial charge in [-0.2, -0.15) is 13.2 Å². The van der Waals surface area contributed by atoms with Crippen molar-refractivity contribution in [1.29, 1.82) is 0 Å². The maximum absolute atomic E-state index is 12.4. The summed E-state index contributed by atoms with van der Waals surface area (Å²) in [7, 11) is 0. The summed E-state index contributed by atoms with van der Waals surface area (Å²) in [6, 6.07) is 0.274. The van der Waals surface area contributed by atoms with E-state index in [0.29, 0.717) is 0 Å². The summed E-state index contributed by atoms with van der Waals surface area (Å²) < 4.78 is 62.0. The van der Waals surface area contributed by atoms with Crippen LogP contribution >= 0.6 is 11.6 Å². The minimum atomic E-state index is -5.31. The third kappa shape index (κ3) is 2.78. The maximum Gasteiger partial charge on any atom is 0.425 e. The lowest BCUT2D eigenvalue weighted by Crippen LogP contribution is -2.14. The highest BCUT2D eigenvalue weighted by atomic mass is 35.5. The number of aromatic nitrogens is 1. The number of hydrogen-bond acceptors (Lipinski definition) is 3. The molecule has 0 bridgehead atoms. The van der Waals surface area contributed by atoms with Crippen LogP contribution in [-0.2, 0) is 6.18 Å². The molecule has 0 saturated heterocycles. The van der Waals surface area contributed by atoms with E-state index in [9.17, 15) is 32.1 Å². The zero-order chi connectivity index (χ0) is 13.4. The molecule has 1 aromatic rings. The van der Waals surface area contributed by atoms with Crippen LogP contribution in [0.4, 0.5) is 27.6 Å². The van der Waals surface area contributed by atoms with Crippen molar-refractivity contribution >= 4 is 17.3 Å². The summed E-state index contributed by atoms with van der Waals surface area (Å²) in [4.78, 5) is 11.7. The van der Waals surface area contributed by atoms with E-state index in [1.165, 1.54) is 0 Å². The van der Waals surface area contributed by atoms with Gasteiger partial charge in [0.1, 0.15) is 10.8 Å². The summed E-state index contributed by atoms with van der Waals surface area (Å²) in [6.45, 7) is 0. The van der Waals surface area contributed by atoms with Crippen LogP contribution in [0.15, 0.2) is 6.07 Å². The van der Waals surface area contributed by atoms with Gasteiger partial charge in [-0.25, -0.2) is 13.8 Å². The topological polar surface area (TPSA) is 56.0 Å². The highest BCUT2D eigenvalue weighted by Crippen LogP contribution is 2.41. The molecular weight excluding hydrogens is 275 g/mol. The molecule has 0 radical (unpaired) electrons. The number of pyridine rings is 1. The largest absolute Gasteiger partial charge is 0.425 e. The van der Waals surface area contributed by atoms with Crippen LogP contribution in [-0.4, -0.2) is 9.91 Å². The minimum absolute atomic E-state index is 0.274. The van der Waals surface area contributed by atoms with Crippen LogP contribution in [0.25, 0.3) is 0 Å². The zero-order valence-corrected chi connectivity index (χ0v) is 8.39. The first-order valence-corrected chi connectivity index (χ1v) is 4.22. The van der Waals surface area contributed by atoms with Gasteiger partial charge in [0.05, 0.1) is 11.0 Å². The SMILES string of the molecule is O=[N+]([O-])c1cc(Cl)nc(C(F)F)c1C(F)(F)F. The fourth-order valence-corrected chi connectivity index (χ4v) is 1.31. The molecule has 0 fully saturated rings. The summed E-state index contributed by atoms with van der Waals surface area (Å²) in [6.07, 6.45) is -8.94. The molecule has 0 saturated carbocycles. The van der Waals surface area contributed by atoms with E-state index < -0.39 is 39.6 Å². The lowest BCUT2D eigenvalue weighted by atomic mass is 10.1. The molecule has 0 aliphatic heterocycles. The zero-order valence-electron chi connectivity index (χ0n) is 7.63. The van der Waals surface area contributed by atoms with Gasteiger partial charge in [-0.15, -0.1) is 0 Å². The monoisotopic (exact) mass is 276 g/mol. The molecular formula is C7H2ClF5N2O2. The van der Waals surface area contributed by atoms with Gasteiger partial charge in [0.15, 0.2) is 5.56 Å². The first-order chi connectivity index (χ1) is 7.64. The predicted molar refractivity (Wildman–Crippen MR) is 45.9 cm³/mol. The van der Waals surface area contributed by atoms with Crippen molar-refractivity contribution in [3.05, 3.63) is 32.6 Å². The number of hydrogen-bond donors (Lipinski definition) is 0. The number of alkyl halides is 5. The maximum atomic E-state index is 12.4. The van der Waals surface area contributed by atoms with Gasteiger partial charge >= 0.3 is 6.18 Å². The van der Waals surface area contributed by atoms with Gasteiger partial charge in [0.2, 0.25) is 0 Å². The molecule has 0 aliphatic rings. The average molecular weight is 277 g/mol. The van der Waals surface area contributed by atoms with Crippen molar-refractivity contribution in [2.24, 2.45) is 0 Å². The third-order valence-electron chi connectivity index (χ3n) is 1.68. The van der Waals surface area contributed by atoms with Crippen molar-refractivity contribution in [2.45, 2.75) is 12.6 Å². The number of halogens is 6. The lowest BCUT2D eigenvalue weighted by molar-refractivity contribution is -0.388. The van der Waals surface area contributed by atoms with Crippen molar-refractivity contribution in [2.75, 3.05) is 0 Å². The summed E-state index contributed by atoms with van der Waals surface area (Å²) in [5.41, 5.74) is -5.38. The van der Waals surface area contributed by atoms with E-state index in [4.69, 9.17) is 11.6 Å². The second-order valence-corrected chi connectivity index (χ2v) is 3.17. The molecule has 0 N–H and O–H groups in total. The molecule has 0 unspecified atom stereocenters. The predicted octanol–water partition coefficient (Wildman–Crippen LogP) is 3.60. The second-order valence-electron chi connectivity index (χ2n) is 2.78. The normalized spacial score (nSPS) is 11.9. The Morgan fingerprint density at radius 3 is 2.29 bits per heavy atom. The summed E-state index contributed by atoms with van der Waals surface area (Å²) in [5, 5.41) is 9.56. The molecule has 1 heterocycles. The lowest BCUT2D eigenvalue weighted by Gasteiger charge is -2.11. The molecule has 0 atom stereocenters. The van der Waals surface area contributed by atoms with Crippen LogP contribution < -0.4 is 0 Å². The van der Waals surface area contributed by atoms with Gasteiger partial charge in [-0.1, -0.05) is 11.6 Å². The van der Waals surface area contributed by atoms with E-state index in [2.05, 4.69) is 4.98 Å². The Balaban J connectivity index is 3.66. The highest BCUT2D eigenvalue weighted by molar-refractivity contribution is 6.29. The van der Waals surface area contributed by atoms with E-state index in [1.807, 2.05) is 0 Å². The van der Waals surface area contributed by atoms with Gasteiger partial charge in [0, 0.05) is 0 Å². The van der Waals surface area contributed by atoms with Crippen molar-refractivity contribution in [1.82, 2.24) is 4.98 Å². The Kier molecular flexibility index (Phi) is 3.51. The number of nitro groups is 1. The van der Waals surface area contributed by atoms with E-state index in [0.717, 1.165) is 0 Å². The minimum Gasteiger partial charge on any atom is -0.258 e. The van der Waals surface area contributed by atoms with Crippen molar-refractivity contribution in [3.63, 3.8) is 0 Å². The van der Waals surface area contributed by atoms with Gasteiger partial charge in [0.25, 0.3) is 12.1 Å². The van der Waals surface area contributed by atoms with Crippen LogP contribution in [0.5, 0.6) is 0 Å². The number of rotatable bonds is 2. The number of nitrogens with zero attached hydrogens (tertiary/aromatic N) is 2. The Hall–Kier alpha value is -1.51. The molecule has 0 aromatic carbocycles. The molecule has 0 aliphatic carbocycles. The molecule has 1 rings (SSSR count).